The summed E-state index contributed by atoms with van der Waals surface area (Å²) in [4.78, 5) is 2.52. The molecule has 1 nitrogen and oxygen atoms in total. The largest absolute Gasteiger partial charge is 0.370 e. The van der Waals surface area contributed by atoms with Gasteiger partial charge in [0.15, 0.2) is 0 Å². The molecule has 1 aromatic carbocycles. The molecule has 0 aliphatic carbocycles. The van der Waals surface area contributed by atoms with Crippen LogP contribution in [-0.2, 0) is 0 Å². The summed E-state index contributed by atoms with van der Waals surface area (Å²) in [6, 6.07) is 8.33. The Hall–Kier alpha value is -0.690. The Balaban J connectivity index is 2.38. The number of benzene rings is 1. The van der Waals surface area contributed by atoms with Crippen molar-refractivity contribution in [2.24, 2.45) is 0 Å². The summed E-state index contributed by atoms with van der Waals surface area (Å²) in [5.41, 5.74) is 1.22. The van der Waals surface area contributed by atoms with Crippen molar-refractivity contribution in [3.8, 4) is 0 Å². The first-order valence-corrected chi connectivity index (χ1v) is 10.7. The Morgan fingerprint density at radius 2 is 1.12 bits per heavy atom. The lowest BCUT2D eigenvalue weighted by molar-refractivity contribution is 0.575. The zero-order chi connectivity index (χ0) is 17.5. The molecular weight excluding hydrogens is 314 g/mol. The zero-order valence-corrected chi connectivity index (χ0v) is 16.8. The molecule has 0 radical (unpaired) electrons. The Morgan fingerprint density at radius 3 is 1.62 bits per heavy atom. The molecule has 0 amide bonds. The van der Waals surface area contributed by atoms with Gasteiger partial charge in [-0.1, -0.05) is 102 Å². The number of halogens is 1. The highest BCUT2D eigenvalue weighted by atomic mass is 35.5. The average Bonchev–Trinajstić information content (AvgIpc) is 2.60. The van der Waals surface area contributed by atoms with E-state index in [-0.39, 0.29) is 0 Å². The van der Waals surface area contributed by atoms with Crippen LogP contribution < -0.4 is 4.90 Å². The fraction of sp³-hybridized carbons (Fsp3) is 0.727. The molecule has 0 unspecified atom stereocenters. The number of unbranched alkanes of at least 4 members (excludes halogenated alkanes) is 10. The van der Waals surface area contributed by atoms with E-state index in [9.17, 15) is 0 Å². The molecule has 138 valence electrons. The van der Waals surface area contributed by atoms with Crippen LogP contribution in [0, 0.1) is 0 Å². The minimum absolute atomic E-state index is 0.898. The van der Waals surface area contributed by atoms with Crippen LogP contribution in [0.15, 0.2) is 24.3 Å². The number of hydrogen-bond donors (Lipinski definition) is 0. The summed E-state index contributed by atoms with van der Waals surface area (Å²) >= 11 is 6.44. The number of nitrogens with zero attached hydrogens (tertiary/aromatic N) is 1. The minimum Gasteiger partial charge on any atom is -0.370 e. The van der Waals surface area contributed by atoms with Crippen LogP contribution in [-0.4, -0.2) is 13.1 Å². The van der Waals surface area contributed by atoms with E-state index >= 15 is 0 Å². The van der Waals surface area contributed by atoms with E-state index in [2.05, 4.69) is 30.9 Å². The standard InChI is InChI=1S/C22H38ClN/c1-3-5-7-9-11-15-19-24(20-16-12-10-8-6-4-2)22-18-14-13-17-21(22)23/h13-14,17-18H,3-12,15-16,19-20H2,1-2H3. The highest BCUT2D eigenvalue weighted by molar-refractivity contribution is 6.33. The van der Waals surface area contributed by atoms with Gasteiger partial charge < -0.3 is 4.90 Å². The number of anilines is 1. The van der Waals surface area contributed by atoms with E-state index < -0.39 is 0 Å². The molecule has 0 atom stereocenters. The van der Waals surface area contributed by atoms with E-state index in [0.717, 1.165) is 18.1 Å². The molecule has 0 saturated carbocycles. The van der Waals surface area contributed by atoms with Gasteiger partial charge in [-0.2, -0.15) is 0 Å². The maximum Gasteiger partial charge on any atom is 0.0639 e. The predicted octanol–water partition coefficient (Wildman–Crippen LogP) is 7.87. The van der Waals surface area contributed by atoms with Crippen LogP contribution in [0.25, 0.3) is 0 Å². The molecular formula is C22H38ClN. The first-order valence-electron chi connectivity index (χ1n) is 10.3. The molecule has 0 aliphatic heterocycles. The maximum atomic E-state index is 6.44. The van der Waals surface area contributed by atoms with Gasteiger partial charge >= 0.3 is 0 Å². The minimum atomic E-state index is 0.898. The van der Waals surface area contributed by atoms with E-state index in [1.807, 2.05) is 12.1 Å². The van der Waals surface area contributed by atoms with Gasteiger partial charge in [-0.05, 0) is 25.0 Å². The topological polar surface area (TPSA) is 3.24 Å². The van der Waals surface area contributed by atoms with Crippen LogP contribution in [0.3, 0.4) is 0 Å². The lowest BCUT2D eigenvalue weighted by Gasteiger charge is -2.26. The Kier molecular flexibility index (Phi) is 13.0. The molecule has 0 spiro atoms. The van der Waals surface area contributed by atoms with Crippen molar-refractivity contribution in [2.45, 2.75) is 90.9 Å². The number of rotatable bonds is 15. The molecule has 0 bridgehead atoms. The van der Waals surface area contributed by atoms with Gasteiger partial charge in [-0.3, -0.25) is 0 Å². The molecule has 0 heterocycles. The third kappa shape index (κ3) is 9.57. The first-order chi connectivity index (χ1) is 11.8. The van der Waals surface area contributed by atoms with Crippen LogP contribution in [0.2, 0.25) is 5.02 Å². The van der Waals surface area contributed by atoms with Crippen LogP contribution >= 0.6 is 11.6 Å². The molecule has 0 fully saturated rings. The van der Waals surface area contributed by atoms with Gasteiger partial charge in [0.2, 0.25) is 0 Å². The van der Waals surface area contributed by atoms with Gasteiger partial charge in [-0.15, -0.1) is 0 Å². The first kappa shape index (κ1) is 21.4. The second-order valence-corrected chi connectivity index (χ2v) is 7.38. The molecule has 1 rings (SSSR count). The van der Waals surface area contributed by atoms with Crippen molar-refractivity contribution in [3.05, 3.63) is 29.3 Å². The molecule has 0 aliphatic rings. The van der Waals surface area contributed by atoms with Crippen molar-refractivity contribution in [1.82, 2.24) is 0 Å². The SMILES string of the molecule is CCCCCCCCN(CCCCCCCC)c1ccccc1Cl. The van der Waals surface area contributed by atoms with Crippen LogP contribution in [0.1, 0.15) is 90.9 Å². The maximum absolute atomic E-state index is 6.44. The van der Waals surface area contributed by atoms with Crippen molar-refractivity contribution in [1.29, 1.82) is 0 Å². The average molecular weight is 352 g/mol. The summed E-state index contributed by atoms with van der Waals surface area (Å²) in [6.07, 6.45) is 16.2. The summed E-state index contributed by atoms with van der Waals surface area (Å²) in [7, 11) is 0. The summed E-state index contributed by atoms with van der Waals surface area (Å²) in [5.74, 6) is 0. The van der Waals surface area contributed by atoms with Gasteiger partial charge in [-0.25, -0.2) is 0 Å². The molecule has 0 aromatic heterocycles. The van der Waals surface area contributed by atoms with Crippen LogP contribution in [0.5, 0.6) is 0 Å². The van der Waals surface area contributed by atoms with Crippen molar-refractivity contribution >= 4 is 17.3 Å². The Bertz CT molecular complexity index is 389. The lowest BCUT2D eigenvalue weighted by Crippen LogP contribution is -2.26. The van der Waals surface area contributed by atoms with E-state index in [4.69, 9.17) is 11.6 Å². The predicted molar refractivity (Wildman–Crippen MR) is 110 cm³/mol. The smallest absolute Gasteiger partial charge is 0.0639 e. The van der Waals surface area contributed by atoms with Gasteiger partial charge in [0, 0.05) is 13.1 Å². The quantitative estimate of drug-likeness (QED) is 0.290. The van der Waals surface area contributed by atoms with E-state index in [0.29, 0.717) is 0 Å². The summed E-state index contributed by atoms with van der Waals surface area (Å²) in [6.45, 7) is 6.84. The van der Waals surface area contributed by atoms with E-state index in [1.165, 1.54) is 82.7 Å². The molecule has 24 heavy (non-hydrogen) atoms. The summed E-state index contributed by atoms with van der Waals surface area (Å²) in [5, 5.41) is 0.898. The van der Waals surface area contributed by atoms with Crippen molar-refractivity contribution < 1.29 is 0 Å². The molecule has 0 N–H and O–H groups in total. The van der Waals surface area contributed by atoms with Gasteiger partial charge in [0.25, 0.3) is 0 Å². The highest BCUT2D eigenvalue weighted by Crippen LogP contribution is 2.26. The van der Waals surface area contributed by atoms with Crippen molar-refractivity contribution in [3.63, 3.8) is 0 Å². The number of para-hydroxylation sites is 1. The van der Waals surface area contributed by atoms with Crippen LogP contribution in [0.4, 0.5) is 5.69 Å². The third-order valence-electron chi connectivity index (χ3n) is 4.76. The molecule has 0 saturated heterocycles. The fourth-order valence-electron chi connectivity index (χ4n) is 3.23. The van der Waals surface area contributed by atoms with Gasteiger partial charge in [0.1, 0.15) is 0 Å². The second-order valence-electron chi connectivity index (χ2n) is 6.97. The Morgan fingerprint density at radius 1 is 0.667 bits per heavy atom. The van der Waals surface area contributed by atoms with Crippen molar-refractivity contribution in [2.75, 3.05) is 18.0 Å². The monoisotopic (exact) mass is 351 g/mol. The normalized spacial score (nSPS) is 11.0. The molecule has 1 aromatic rings. The zero-order valence-electron chi connectivity index (χ0n) is 16.0. The lowest BCUT2D eigenvalue weighted by atomic mass is 10.1. The number of hydrogen-bond acceptors (Lipinski definition) is 1. The Labute approximate surface area is 155 Å². The third-order valence-corrected chi connectivity index (χ3v) is 5.08. The summed E-state index contributed by atoms with van der Waals surface area (Å²) < 4.78 is 0. The van der Waals surface area contributed by atoms with Gasteiger partial charge in [0.05, 0.1) is 10.7 Å². The highest BCUT2D eigenvalue weighted by Gasteiger charge is 2.09. The molecule has 2 heteroatoms. The van der Waals surface area contributed by atoms with E-state index in [1.54, 1.807) is 0 Å². The fourth-order valence-corrected chi connectivity index (χ4v) is 3.48. The second kappa shape index (κ2) is 14.6.